The molecule has 1 aliphatic rings. The number of nitrogens with zero attached hydrogens (tertiary/aromatic N) is 3. The van der Waals surface area contributed by atoms with Gasteiger partial charge in [0.2, 0.25) is 6.29 Å². The summed E-state index contributed by atoms with van der Waals surface area (Å²) in [5.41, 5.74) is 8.81. The molecule has 0 aromatic heterocycles. The molecule has 0 spiro atoms. The molecular weight excluding hydrogens is 334 g/mol. The summed E-state index contributed by atoms with van der Waals surface area (Å²) in [4.78, 5) is 36.6. The Morgan fingerprint density at radius 1 is 1.16 bits per heavy atom. The predicted molar refractivity (Wildman–Crippen MR) is 83.9 cm³/mol. The first-order chi connectivity index (χ1) is 11.8. The standard InChI is InChI=1S/C15H21N3O7/c1-5-6-11-12(7-22-8(2)19)25-15(24-10(4)21)13(17-18-16)14(11)23-9(3)20/h5-6,11-15H,7H2,1-4H3/b6-5+/t11-,12?,13?,14-,15?/m0/s1. The van der Waals surface area contributed by atoms with E-state index in [1.807, 2.05) is 0 Å². The largest absolute Gasteiger partial charge is 0.463 e. The van der Waals surface area contributed by atoms with Crippen LogP contribution in [0.2, 0.25) is 0 Å². The lowest BCUT2D eigenvalue weighted by Crippen LogP contribution is -2.56. The van der Waals surface area contributed by atoms with Gasteiger partial charge >= 0.3 is 17.9 Å². The van der Waals surface area contributed by atoms with E-state index in [0.29, 0.717) is 0 Å². The minimum atomic E-state index is -1.28. The number of hydrogen-bond donors (Lipinski definition) is 0. The molecule has 0 aliphatic carbocycles. The summed E-state index contributed by atoms with van der Waals surface area (Å²) in [6.07, 6.45) is 0.387. The zero-order valence-electron chi connectivity index (χ0n) is 14.4. The van der Waals surface area contributed by atoms with E-state index >= 15 is 0 Å². The topological polar surface area (TPSA) is 137 Å². The molecule has 0 bridgehead atoms. The Morgan fingerprint density at radius 3 is 2.28 bits per heavy atom. The molecule has 3 unspecified atom stereocenters. The maximum atomic E-state index is 11.5. The van der Waals surface area contributed by atoms with Crippen LogP contribution in [0.15, 0.2) is 17.3 Å². The summed E-state index contributed by atoms with van der Waals surface area (Å²) in [5.74, 6) is -2.36. The zero-order chi connectivity index (χ0) is 19.0. The minimum Gasteiger partial charge on any atom is -0.463 e. The fraction of sp³-hybridized carbons (Fsp3) is 0.667. The van der Waals surface area contributed by atoms with Crippen molar-refractivity contribution in [1.82, 2.24) is 0 Å². The fourth-order valence-electron chi connectivity index (χ4n) is 2.52. The van der Waals surface area contributed by atoms with Crippen molar-refractivity contribution >= 4 is 17.9 Å². The summed E-state index contributed by atoms with van der Waals surface area (Å²) in [7, 11) is 0. The Morgan fingerprint density at radius 2 is 1.80 bits per heavy atom. The predicted octanol–water partition coefficient (Wildman–Crippen LogP) is 1.64. The van der Waals surface area contributed by atoms with Crippen molar-refractivity contribution in [1.29, 1.82) is 0 Å². The van der Waals surface area contributed by atoms with Gasteiger partial charge in [0, 0.05) is 31.6 Å². The highest BCUT2D eigenvalue weighted by Gasteiger charge is 2.48. The highest BCUT2D eigenvalue weighted by molar-refractivity contribution is 5.67. The number of carbonyl (C=O) groups is 3. The average molecular weight is 355 g/mol. The smallest absolute Gasteiger partial charge is 0.304 e. The number of allylic oxidation sites excluding steroid dienone is 1. The molecule has 10 heteroatoms. The van der Waals surface area contributed by atoms with Gasteiger partial charge in [0.05, 0.1) is 0 Å². The second-order valence-corrected chi connectivity index (χ2v) is 5.33. The Balaban J connectivity index is 3.25. The quantitative estimate of drug-likeness (QED) is 0.176. The third kappa shape index (κ3) is 6.09. The van der Waals surface area contributed by atoms with E-state index in [2.05, 4.69) is 10.0 Å². The van der Waals surface area contributed by atoms with Gasteiger partial charge in [0.25, 0.3) is 0 Å². The summed E-state index contributed by atoms with van der Waals surface area (Å²) in [6, 6.07) is -1.09. The lowest BCUT2D eigenvalue weighted by atomic mass is 9.87. The molecular formula is C15H21N3O7. The molecule has 1 rings (SSSR count). The summed E-state index contributed by atoms with van der Waals surface area (Å²) in [6.45, 7) is 5.20. The highest BCUT2D eigenvalue weighted by atomic mass is 16.7. The second kappa shape index (κ2) is 9.65. The molecule has 0 radical (unpaired) electrons. The van der Waals surface area contributed by atoms with Gasteiger partial charge in [-0.2, -0.15) is 0 Å². The molecule has 0 aromatic rings. The molecule has 1 fully saturated rings. The first kappa shape index (κ1) is 20.5. The van der Waals surface area contributed by atoms with Crippen molar-refractivity contribution in [3.8, 4) is 0 Å². The summed E-state index contributed by atoms with van der Waals surface area (Å²) >= 11 is 0. The van der Waals surface area contributed by atoms with Crippen LogP contribution >= 0.6 is 0 Å². The van der Waals surface area contributed by atoms with Crippen LogP contribution in [-0.4, -0.2) is 49.1 Å². The summed E-state index contributed by atoms with van der Waals surface area (Å²) in [5, 5.41) is 3.57. The molecule has 1 heterocycles. The van der Waals surface area contributed by atoms with E-state index in [1.54, 1.807) is 19.1 Å². The first-order valence-corrected chi connectivity index (χ1v) is 7.60. The number of hydrogen-bond acceptors (Lipinski definition) is 8. The number of rotatable bonds is 6. The summed E-state index contributed by atoms with van der Waals surface area (Å²) < 4.78 is 21.0. The Hall–Kier alpha value is -2.58. The lowest BCUT2D eigenvalue weighted by molar-refractivity contribution is -0.244. The third-order valence-electron chi connectivity index (χ3n) is 3.37. The second-order valence-electron chi connectivity index (χ2n) is 5.33. The van der Waals surface area contributed by atoms with Gasteiger partial charge in [-0.25, -0.2) is 0 Å². The zero-order valence-corrected chi connectivity index (χ0v) is 14.4. The molecule has 0 saturated carbocycles. The van der Waals surface area contributed by atoms with Crippen molar-refractivity contribution in [3.05, 3.63) is 22.6 Å². The molecule has 5 atom stereocenters. The molecule has 138 valence electrons. The maximum Gasteiger partial charge on any atom is 0.304 e. The Bertz CT molecular complexity index is 586. The van der Waals surface area contributed by atoms with Crippen molar-refractivity contribution in [2.45, 2.75) is 52.2 Å². The van der Waals surface area contributed by atoms with E-state index in [9.17, 15) is 14.4 Å². The van der Waals surface area contributed by atoms with E-state index in [0.717, 1.165) is 6.92 Å². The van der Waals surface area contributed by atoms with Gasteiger partial charge < -0.3 is 18.9 Å². The van der Waals surface area contributed by atoms with Crippen molar-refractivity contribution in [2.75, 3.05) is 6.61 Å². The molecule has 10 nitrogen and oxygen atoms in total. The fourth-order valence-corrected chi connectivity index (χ4v) is 2.52. The van der Waals surface area contributed by atoms with Gasteiger partial charge in [0.1, 0.15) is 24.9 Å². The highest BCUT2D eigenvalue weighted by Crippen LogP contribution is 2.33. The number of esters is 3. The molecule has 1 aliphatic heterocycles. The van der Waals surface area contributed by atoms with Gasteiger partial charge in [-0.3, -0.25) is 14.4 Å². The average Bonchev–Trinajstić information content (AvgIpc) is 2.50. The van der Waals surface area contributed by atoms with Crippen molar-refractivity contribution in [3.63, 3.8) is 0 Å². The Kier molecular flexibility index (Phi) is 7.90. The van der Waals surface area contributed by atoms with E-state index < -0.39 is 48.4 Å². The van der Waals surface area contributed by atoms with Crippen LogP contribution in [0.1, 0.15) is 27.7 Å². The third-order valence-corrected chi connectivity index (χ3v) is 3.37. The molecule has 0 amide bonds. The number of carbonyl (C=O) groups excluding carboxylic acids is 3. The van der Waals surface area contributed by atoms with E-state index in [-0.39, 0.29) is 6.61 Å². The van der Waals surface area contributed by atoms with Gasteiger partial charge in [-0.15, -0.1) is 0 Å². The van der Waals surface area contributed by atoms with Crippen LogP contribution in [0.4, 0.5) is 0 Å². The van der Waals surface area contributed by atoms with Gasteiger partial charge in [-0.1, -0.05) is 17.3 Å². The van der Waals surface area contributed by atoms with E-state index in [1.165, 1.54) is 13.8 Å². The SMILES string of the molecule is C/C=C/[C@H]1C(COC(C)=O)OC(OC(C)=O)C(N=[N+]=[N-])[C@H]1OC(C)=O. The van der Waals surface area contributed by atoms with E-state index in [4.69, 9.17) is 24.5 Å². The monoisotopic (exact) mass is 355 g/mol. The van der Waals surface area contributed by atoms with Crippen LogP contribution in [-0.2, 0) is 33.3 Å². The van der Waals surface area contributed by atoms with Gasteiger partial charge in [0.15, 0.2) is 0 Å². The van der Waals surface area contributed by atoms with Gasteiger partial charge in [-0.05, 0) is 12.5 Å². The molecule has 0 N–H and O–H groups in total. The Labute approximate surface area is 144 Å². The first-order valence-electron chi connectivity index (χ1n) is 7.60. The normalized spacial score (nSPS) is 28.7. The minimum absolute atomic E-state index is 0.150. The lowest BCUT2D eigenvalue weighted by Gasteiger charge is -2.42. The van der Waals surface area contributed by atoms with Crippen LogP contribution in [0, 0.1) is 5.92 Å². The number of ether oxygens (including phenoxy) is 4. The van der Waals surface area contributed by atoms with Crippen LogP contribution in [0.25, 0.3) is 10.4 Å². The molecule has 25 heavy (non-hydrogen) atoms. The molecule has 0 aromatic carbocycles. The van der Waals surface area contributed by atoms with Crippen LogP contribution in [0.5, 0.6) is 0 Å². The van der Waals surface area contributed by atoms with Crippen LogP contribution in [0.3, 0.4) is 0 Å². The van der Waals surface area contributed by atoms with Crippen molar-refractivity contribution < 1.29 is 33.3 Å². The molecule has 1 saturated heterocycles. The van der Waals surface area contributed by atoms with Crippen LogP contribution < -0.4 is 0 Å². The number of azide groups is 1. The maximum absolute atomic E-state index is 11.5. The van der Waals surface area contributed by atoms with Crippen molar-refractivity contribution in [2.24, 2.45) is 11.0 Å².